The smallest absolute Gasteiger partial charge is 0.192 e. The van der Waals surface area contributed by atoms with Crippen molar-refractivity contribution in [3.63, 3.8) is 0 Å². The van der Waals surface area contributed by atoms with Crippen LogP contribution in [0, 0.1) is 5.41 Å². The van der Waals surface area contributed by atoms with Gasteiger partial charge in [-0.25, -0.2) is 0 Å². The number of nitrogens with zero attached hydrogens (tertiary/aromatic N) is 3. The summed E-state index contributed by atoms with van der Waals surface area (Å²) >= 11 is 0. The van der Waals surface area contributed by atoms with E-state index in [0.29, 0.717) is 5.41 Å². The van der Waals surface area contributed by atoms with Crippen LogP contribution >= 0.6 is 0 Å². The summed E-state index contributed by atoms with van der Waals surface area (Å²) in [6.45, 7) is 21.7. The van der Waals surface area contributed by atoms with Crippen LogP contribution in [0.3, 0.4) is 0 Å². The summed E-state index contributed by atoms with van der Waals surface area (Å²) in [5.41, 5.74) is 0.427. The van der Waals surface area contributed by atoms with E-state index in [1.165, 1.54) is 63.4 Å². The van der Waals surface area contributed by atoms with Gasteiger partial charge in [-0.15, -0.1) is 0 Å². The summed E-state index contributed by atoms with van der Waals surface area (Å²) in [6, 6.07) is 3.84. The van der Waals surface area contributed by atoms with E-state index >= 15 is 0 Å². The molecule has 0 fully saturated rings. The van der Waals surface area contributed by atoms with Gasteiger partial charge in [-0.3, -0.25) is 0 Å². The Morgan fingerprint density at radius 3 is 1.28 bits per heavy atom. The van der Waals surface area contributed by atoms with E-state index in [1.54, 1.807) is 0 Å². The highest BCUT2D eigenvalue weighted by atomic mass is 28.4. The maximum Gasteiger partial charge on any atom is 0.192 e. The summed E-state index contributed by atoms with van der Waals surface area (Å²) in [5, 5.41) is 0. The minimum absolute atomic E-state index is 0.427. The predicted molar refractivity (Wildman–Crippen MR) is 134 cm³/mol. The van der Waals surface area contributed by atoms with Gasteiger partial charge < -0.3 is 19.1 Å². The third kappa shape index (κ3) is 11.3. The first-order chi connectivity index (χ1) is 13.8. The topological polar surface area (TPSA) is 19.0 Å². The van der Waals surface area contributed by atoms with Gasteiger partial charge in [-0.2, -0.15) is 0 Å². The zero-order valence-electron chi connectivity index (χ0n) is 21.6. The number of hydrogen-bond donors (Lipinski definition) is 0. The Morgan fingerprint density at radius 2 is 1.00 bits per heavy atom. The van der Waals surface area contributed by atoms with Crippen LogP contribution in [0.25, 0.3) is 0 Å². The van der Waals surface area contributed by atoms with Crippen LogP contribution in [0.15, 0.2) is 0 Å². The predicted octanol–water partition coefficient (Wildman–Crippen LogP) is 5.41. The molecule has 0 saturated carbocycles. The van der Waals surface area contributed by atoms with Crippen molar-refractivity contribution >= 4 is 8.32 Å². The zero-order valence-corrected chi connectivity index (χ0v) is 22.6. The molecule has 0 aromatic rings. The molecule has 0 aliphatic rings. The van der Waals surface area contributed by atoms with Crippen LogP contribution in [-0.2, 0) is 4.43 Å². The number of rotatable bonds is 19. The summed E-state index contributed by atoms with van der Waals surface area (Å²) in [7, 11) is 5.24. The normalized spacial score (nSPS) is 13.2. The second-order valence-electron chi connectivity index (χ2n) is 9.26. The molecule has 0 amide bonds. The Kier molecular flexibility index (Phi) is 15.8. The fraction of sp³-hybridized carbons (Fsp3) is 1.00. The largest absolute Gasteiger partial charge is 0.417 e. The standard InChI is InChI=1S/C24H55N3OSi/c1-10-25(7)20-16-24(17-21-26(8)11-2,18-22-27(9)12-3)19-23-29(14-5,15-6)28-13-4/h10-23H2,1-9H3. The fourth-order valence-corrected chi connectivity index (χ4v) is 7.55. The molecule has 0 N–H and O–H groups in total. The van der Waals surface area contributed by atoms with E-state index < -0.39 is 8.32 Å². The average molecular weight is 430 g/mol. The Hall–Kier alpha value is 0.0569. The van der Waals surface area contributed by atoms with Crippen LogP contribution in [0.4, 0.5) is 0 Å². The first kappa shape index (κ1) is 29.1. The molecule has 4 nitrogen and oxygen atoms in total. The average Bonchev–Trinajstić information content (AvgIpc) is 2.76. The highest BCUT2D eigenvalue weighted by molar-refractivity contribution is 6.73. The molecule has 176 valence electrons. The monoisotopic (exact) mass is 429 g/mol. The molecule has 0 aromatic heterocycles. The van der Waals surface area contributed by atoms with Gasteiger partial charge in [-0.05, 0) is 117 Å². The Labute approximate surface area is 185 Å². The molecule has 0 atom stereocenters. The Balaban J connectivity index is 5.55. The summed E-state index contributed by atoms with van der Waals surface area (Å²) in [6.07, 6.45) is 5.29. The van der Waals surface area contributed by atoms with E-state index in [0.717, 1.165) is 26.2 Å². The van der Waals surface area contributed by atoms with Crippen LogP contribution < -0.4 is 0 Å². The van der Waals surface area contributed by atoms with Crippen molar-refractivity contribution in [2.45, 2.75) is 85.4 Å². The molecule has 5 heteroatoms. The number of hydrogen-bond acceptors (Lipinski definition) is 4. The third-order valence-corrected chi connectivity index (χ3v) is 12.2. The molecule has 0 heterocycles. The highest BCUT2D eigenvalue weighted by Gasteiger charge is 2.37. The van der Waals surface area contributed by atoms with Gasteiger partial charge >= 0.3 is 0 Å². The third-order valence-electron chi connectivity index (χ3n) is 7.54. The lowest BCUT2D eigenvalue weighted by Crippen LogP contribution is -2.41. The maximum atomic E-state index is 6.47. The lowest BCUT2D eigenvalue weighted by atomic mass is 9.75. The first-order valence-electron chi connectivity index (χ1n) is 12.4. The second-order valence-corrected chi connectivity index (χ2v) is 13.8. The molecular formula is C24H55N3OSi. The van der Waals surface area contributed by atoms with Crippen molar-refractivity contribution in [3.8, 4) is 0 Å². The quantitative estimate of drug-likeness (QED) is 0.255. The summed E-state index contributed by atoms with van der Waals surface area (Å²) < 4.78 is 6.47. The van der Waals surface area contributed by atoms with Crippen LogP contribution in [-0.4, -0.2) is 90.0 Å². The lowest BCUT2D eigenvalue weighted by molar-refractivity contribution is 0.135. The highest BCUT2D eigenvalue weighted by Crippen LogP contribution is 2.40. The van der Waals surface area contributed by atoms with Gasteiger partial charge in [0.2, 0.25) is 0 Å². The molecule has 0 unspecified atom stereocenters. The molecule has 0 saturated heterocycles. The van der Waals surface area contributed by atoms with E-state index in [9.17, 15) is 0 Å². The minimum atomic E-state index is -1.59. The van der Waals surface area contributed by atoms with Crippen molar-refractivity contribution in [1.29, 1.82) is 0 Å². The van der Waals surface area contributed by atoms with E-state index in [1.807, 2.05) is 0 Å². The van der Waals surface area contributed by atoms with Gasteiger partial charge in [0.25, 0.3) is 0 Å². The van der Waals surface area contributed by atoms with Gasteiger partial charge in [0, 0.05) is 6.61 Å². The van der Waals surface area contributed by atoms with Crippen molar-refractivity contribution in [2.75, 3.05) is 67.0 Å². The van der Waals surface area contributed by atoms with Gasteiger partial charge in [-0.1, -0.05) is 34.6 Å². The Bertz CT molecular complexity index is 354. The molecular weight excluding hydrogens is 374 g/mol. The molecule has 0 aliphatic carbocycles. The van der Waals surface area contributed by atoms with Crippen molar-refractivity contribution < 1.29 is 4.43 Å². The molecule has 0 spiro atoms. The van der Waals surface area contributed by atoms with Crippen LogP contribution in [0.1, 0.15) is 67.2 Å². The van der Waals surface area contributed by atoms with Crippen molar-refractivity contribution in [3.05, 3.63) is 0 Å². The van der Waals surface area contributed by atoms with Gasteiger partial charge in [0.05, 0.1) is 0 Å². The molecule has 0 aliphatic heterocycles. The lowest BCUT2D eigenvalue weighted by Gasteiger charge is -2.40. The van der Waals surface area contributed by atoms with Crippen LogP contribution in [0.5, 0.6) is 0 Å². The SMILES string of the molecule is CCO[Si](CC)(CC)CCC(CCN(C)CC)(CCN(C)CC)CCN(C)CC. The summed E-state index contributed by atoms with van der Waals surface area (Å²) in [5.74, 6) is 0. The molecule has 0 radical (unpaired) electrons. The zero-order chi connectivity index (χ0) is 22.3. The van der Waals surface area contributed by atoms with Crippen molar-refractivity contribution in [1.82, 2.24) is 14.7 Å². The molecule has 29 heavy (non-hydrogen) atoms. The van der Waals surface area contributed by atoms with E-state index in [4.69, 9.17) is 4.43 Å². The van der Waals surface area contributed by atoms with E-state index in [-0.39, 0.29) is 0 Å². The maximum absolute atomic E-state index is 6.47. The molecule has 0 aromatic carbocycles. The Morgan fingerprint density at radius 1 is 0.621 bits per heavy atom. The van der Waals surface area contributed by atoms with E-state index in [2.05, 4.69) is 77.4 Å². The molecule has 0 rings (SSSR count). The fourth-order valence-electron chi connectivity index (χ4n) is 4.19. The van der Waals surface area contributed by atoms with Crippen LogP contribution in [0.2, 0.25) is 18.1 Å². The second kappa shape index (κ2) is 15.8. The first-order valence-corrected chi connectivity index (χ1v) is 15.0. The molecule has 0 bridgehead atoms. The van der Waals surface area contributed by atoms with Crippen molar-refractivity contribution in [2.24, 2.45) is 5.41 Å². The van der Waals surface area contributed by atoms with Gasteiger partial charge in [0.1, 0.15) is 0 Å². The van der Waals surface area contributed by atoms with Gasteiger partial charge in [0.15, 0.2) is 8.32 Å². The minimum Gasteiger partial charge on any atom is -0.417 e. The summed E-state index contributed by atoms with van der Waals surface area (Å²) in [4.78, 5) is 7.48.